The Labute approximate surface area is 709 Å². The van der Waals surface area contributed by atoms with Crippen LogP contribution >= 0.6 is 0 Å². The molecule has 0 bridgehead atoms. The summed E-state index contributed by atoms with van der Waals surface area (Å²) in [5, 5.41) is 27.1. The van der Waals surface area contributed by atoms with Crippen LogP contribution in [-0.4, -0.2) is 233 Å². The summed E-state index contributed by atoms with van der Waals surface area (Å²) in [6.45, 7) is 0. The molecule has 20 aromatic rings. The second-order valence-corrected chi connectivity index (χ2v) is 44.1. The number of nitrogens with zero attached hydrogens (tertiary/aromatic N) is 12. The summed E-state index contributed by atoms with van der Waals surface area (Å²) in [7, 11) is 0. The quantitative estimate of drug-likeness (QED) is 0.0778. The molecule has 0 aliphatic heterocycles. The van der Waals surface area contributed by atoms with E-state index >= 15 is 0 Å². The van der Waals surface area contributed by atoms with Crippen molar-refractivity contribution < 1.29 is 38.4 Å². The maximum atomic E-state index is 12.9. The van der Waals surface area contributed by atoms with E-state index in [9.17, 15) is 38.4 Å². The van der Waals surface area contributed by atoms with Crippen molar-refractivity contribution in [3.63, 3.8) is 0 Å². The average Bonchev–Trinajstić information content (AvgIpc) is 1.62. The Bertz CT molecular complexity index is 6720. The summed E-state index contributed by atoms with van der Waals surface area (Å²) in [5.74, 6) is -1.27. The first-order chi connectivity index (χ1) is 56.7. The Morgan fingerprint density at radius 1 is 0.276 bits per heavy atom. The number of hydrogen-bond donors (Lipinski definition) is 0. The van der Waals surface area contributed by atoms with Crippen LogP contribution in [-0.2, 0) is 0 Å². The third kappa shape index (κ3) is 12.9. The molecular formula is C88H44N12O8Se6Te2. The summed E-state index contributed by atoms with van der Waals surface area (Å²) in [5.41, 5.74) is 10.4. The fraction of sp³-hybridized carbons (Fsp3) is 0. The Hall–Kier alpha value is -10.7. The molecule has 0 saturated heterocycles. The molecule has 0 atom stereocenters. The van der Waals surface area contributed by atoms with Crippen molar-refractivity contribution >= 4 is 286 Å². The Kier molecular flexibility index (Phi) is 18.7. The minimum absolute atomic E-state index is 0.0301. The van der Waals surface area contributed by atoms with Crippen molar-refractivity contribution in [1.29, 1.82) is 0 Å². The number of hydrogen-bond acceptors (Lipinski definition) is 16. The molecule has 16 heterocycles. The van der Waals surface area contributed by atoms with Crippen molar-refractivity contribution in [2.75, 3.05) is 0 Å². The van der Waals surface area contributed by atoms with Gasteiger partial charge in [0.25, 0.3) is 0 Å². The van der Waals surface area contributed by atoms with Crippen LogP contribution in [0.5, 0.6) is 0 Å². The predicted molar refractivity (Wildman–Crippen MR) is 453 cm³/mol. The first-order valence-corrected chi connectivity index (χ1v) is 51.5. The fourth-order valence-electron chi connectivity index (χ4n) is 14.6. The van der Waals surface area contributed by atoms with Gasteiger partial charge < -0.3 is 0 Å². The predicted octanol–water partition coefficient (Wildman–Crippen LogP) is 12.6. The van der Waals surface area contributed by atoms with Crippen LogP contribution < -0.4 is 0 Å². The van der Waals surface area contributed by atoms with Gasteiger partial charge in [-0.3, -0.25) is 0 Å². The second kappa shape index (κ2) is 29.8. The van der Waals surface area contributed by atoms with Crippen molar-refractivity contribution in [2.45, 2.75) is 0 Å². The number of ketones is 8. The molecular weight excluding hydrogens is 2080 g/mol. The topological polar surface area (TPSA) is 259 Å². The molecule has 16 aromatic heterocycles. The van der Waals surface area contributed by atoms with Crippen LogP contribution in [0.4, 0.5) is 0 Å². The van der Waals surface area contributed by atoms with E-state index in [4.69, 9.17) is 0 Å². The van der Waals surface area contributed by atoms with Crippen LogP contribution in [0.2, 0.25) is 0 Å². The van der Waals surface area contributed by atoms with Gasteiger partial charge in [0.15, 0.2) is 0 Å². The Morgan fingerprint density at radius 3 is 0.957 bits per heavy atom. The molecule has 20 nitrogen and oxygen atoms in total. The summed E-state index contributed by atoms with van der Waals surface area (Å²) in [6.07, 6.45) is 25.1. The van der Waals surface area contributed by atoms with Gasteiger partial charge in [0.05, 0.1) is 0 Å². The van der Waals surface area contributed by atoms with Crippen LogP contribution in [0, 0.1) is 0 Å². The van der Waals surface area contributed by atoms with E-state index in [1.807, 2.05) is 155 Å². The van der Waals surface area contributed by atoms with Gasteiger partial charge >= 0.3 is 717 Å². The normalized spacial score (nSPS) is 13.6. The molecule has 4 aliphatic carbocycles. The van der Waals surface area contributed by atoms with Crippen molar-refractivity contribution in [3.05, 3.63) is 318 Å². The molecule has 116 heavy (non-hydrogen) atoms. The van der Waals surface area contributed by atoms with Crippen LogP contribution in [0.15, 0.2) is 257 Å². The van der Waals surface area contributed by atoms with Gasteiger partial charge in [0.2, 0.25) is 0 Å². The number of carbonyl (C=O) groups is 8. The summed E-state index contributed by atoms with van der Waals surface area (Å²) in [6, 6.07) is 42.9. The molecule has 0 unspecified atom stereocenters. The minimum atomic E-state index is -0.739. The van der Waals surface area contributed by atoms with Crippen LogP contribution in [0.25, 0.3) is 128 Å². The molecule has 552 valence electrons. The van der Waals surface area contributed by atoms with Gasteiger partial charge in [-0.2, -0.15) is 0 Å². The fourth-order valence-corrected chi connectivity index (χ4v) is 30.4. The monoisotopic (exact) mass is 2140 g/mol. The molecule has 0 spiro atoms. The Morgan fingerprint density at radius 2 is 0.578 bits per heavy atom. The van der Waals surface area contributed by atoms with Crippen molar-refractivity contribution in [1.82, 2.24) is 58.6 Å². The zero-order valence-electron chi connectivity index (χ0n) is 59.3. The Balaban J connectivity index is 0.0000000966. The van der Waals surface area contributed by atoms with Gasteiger partial charge in [0.1, 0.15) is 0 Å². The number of rotatable bonds is 8. The number of aromatic nitrogens is 12. The average molecular weight is 2130 g/mol. The molecule has 0 N–H and O–H groups in total. The van der Waals surface area contributed by atoms with E-state index in [0.717, 1.165) is 113 Å². The number of allylic oxidation sites excluding steroid dienone is 4. The number of Topliss-reactive ketones (excluding diaryl/α,β-unsaturated/α-hetero) is 8. The van der Waals surface area contributed by atoms with Crippen molar-refractivity contribution in [2.24, 2.45) is 0 Å². The summed E-state index contributed by atoms with van der Waals surface area (Å²) in [4.78, 5) is 138. The molecule has 0 fully saturated rings. The molecule has 0 saturated carbocycles. The second-order valence-electron chi connectivity index (χ2n) is 27.1. The van der Waals surface area contributed by atoms with Gasteiger partial charge in [-0.15, -0.1) is 0 Å². The van der Waals surface area contributed by atoms with E-state index < -0.39 is 40.9 Å². The number of carbonyl (C=O) groups excluding carboxylic acids is 8. The van der Waals surface area contributed by atoms with E-state index in [1.165, 1.54) is 7.41 Å². The molecule has 0 radical (unpaired) electrons. The first-order valence-electron chi connectivity index (χ1n) is 35.5. The van der Waals surface area contributed by atoms with Gasteiger partial charge in [0, 0.05) is 0 Å². The third-order valence-electron chi connectivity index (χ3n) is 20.3. The first kappa shape index (κ1) is 72.9. The number of benzene rings is 4. The van der Waals surface area contributed by atoms with E-state index in [0.29, 0.717) is 103 Å². The molecule has 24 rings (SSSR count). The SMILES string of the molecule is O=C1C(=Cc2ccc(-n3ccc4ccnnc43)[se]2)C(=O)c2cc3c[se]cc3cc21.O=C1C(=Cc2ccc(-n3ccc4ccnnc43)[te]2)C(=O)c2cc3c[se]cc3cc21.O=C1C(=Cc2ccc(-n3ccc4nccnc43)[se]2)C(=O)c2cc3c[se]cc3cc21.O=C1C(=Cc2ccc(-n3ccc4nccnc43)[te]2)C(=O)c2cc3c[se]cc3cc21. The van der Waals surface area contributed by atoms with Gasteiger partial charge in [-0.1, -0.05) is 0 Å². The summed E-state index contributed by atoms with van der Waals surface area (Å²) < 4.78 is 16.8. The van der Waals surface area contributed by atoms with Crippen LogP contribution in [0.1, 0.15) is 98.9 Å². The molecule has 4 aromatic carbocycles. The number of fused-ring (bicyclic) bond motifs is 12. The van der Waals surface area contributed by atoms with Crippen LogP contribution in [0.3, 0.4) is 0 Å². The molecule has 4 aliphatic rings. The maximum absolute atomic E-state index is 12.9. The van der Waals surface area contributed by atoms with Crippen molar-refractivity contribution in [3.8, 4) is 16.5 Å². The molecule has 28 heteroatoms. The zero-order chi connectivity index (χ0) is 78.1. The van der Waals surface area contributed by atoms with E-state index in [1.54, 1.807) is 61.5 Å². The van der Waals surface area contributed by atoms with E-state index in [-0.39, 0.29) is 97.6 Å². The summed E-state index contributed by atoms with van der Waals surface area (Å²) >= 11 is -0.277. The zero-order valence-corrected chi connectivity index (χ0v) is 74.2. The standard InChI is InChI=1S/2C22H11N3O2Se2.2C22H11N3O2SeTe/c26-20-15-7-12-10-28-11-13(12)8-16(15)21(27)17(20)9-14-1-2-19(29-14)25-6-3-18-22(25)24-5-4-23-18;26-20-16-7-13-10-28-11-14(13)8-17(16)21(27)18(20)9-15-1-2-19(29-15)25-6-4-12-3-5-23-24-22(12)25;26-20-15-7-12-10-28-11-13(12)8-16(15)21(27)17(20)9-14-1-2-19(29-14)25-6-3-18-22(25)24-5-4-23-18;26-20-16-7-13-10-28-11-14(13)8-17(16)21(27)18(20)9-15-1-2-19(29-15)25-6-4-12-3-5-23-24-22(12)25/h4*1-11H. The third-order valence-corrected chi connectivity index (χ3v) is 37.0. The van der Waals surface area contributed by atoms with E-state index in [2.05, 4.69) is 101 Å². The van der Waals surface area contributed by atoms with Gasteiger partial charge in [-0.25, -0.2) is 0 Å². The van der Waals surface area contributed by atoms with Gasteiger partial charge in [-0.05, 0) is 0 Å². The molecule has 0 amide bonds.